The number of pyridine rings is 1. The van der Waals surface area contributed by atoms with Crippen molar-refractivity contribution in [1.29, 1.82) is 0 Å². The van der Waals surface area contributed by atoms with E-state index in [1.54, 1.807) is 0 Å². The molecule has 2 fully saturated rings. The Morgan fingerprint density at radius 2 is 1.89 bits per heavy atom. The maximum atomic E-state index is 4.33. The quantitative estimate of drug-likeness (QED) is 0.799. The van der Waals surface area contributed by atoms with Crippen LogP contribution in [-0.2, 0) is 6.54 Å². The van der Waals surface area contributed by atoms with Gasteiger partial charge in [-0.25, -0.2) is 0 Å². The molecule has 18 heavy (non-hydrogen) atoms. The van der Waals surface area contributed by atoms with Crippen LogP contribution in [0.4, 0.5) is 5.69 Å². The Labute approximate surface area is 110 Å². The molecule has 0 saturated heterocycles. The van der Waals surface area contributed by atoms with Crippen LogP contribution in [0.25, 0.3) is 0 Å². The van der Waals surface area contributed by atoms with Crippen LogP contribution in [0.2, 0.25) is 0 Å². The number of nitrogens with one attached hydrogen (secondary N) is 1. The fourth-order valence-corrected chi connectivity index (χ4v) is 2.54. The van der Waals surface area contributed by atoms with Crippen LogP contribution >= 0.6 is 0 Å². The van der Waals surface area contributed by atoms with Crippen molar-refractivity contribution in [3.63, 3.8) is 0 Å². The fraction of sp³-hybridized carbons (Fsp3) is 0.667. The molecule has 1 heterocycles. The first-order valence-corrected chi connectivity index (χ1v) is 7.19. The Morgan fingerprint density at radius 3 is 2.44 bits per heavy atom. The predicted octanol–water partition coefficient (Wildman–Crippen LogP) is 2.43. The Bertz CT molecular complexity index is 382. The third-order valence-corrected chi connectivity index (χ3v) is 3.95. The molecule has 0 unspecified atom stereocenters. The number of anilines is 1. The molecule has 98 valence electrons. The molecule has 3 heteroatoms. The second-order valence-electron chi connectivity index (χ2n) is 5.83. The van der Waals surface area contributed by atoms with E-state index in [9.17, 15) is 0 Å². The van der Waals surface area contributed by atoms with Crippen molar-refractivity contribution in [2.45, 2.75) is 32.2 Å². The lowest BCUT2D eigenvalue weighted by Crippen LogP contribution is -2.29. The van der Waals surface area contributed by atoms with Gasteiger partial charge in [0.15, 0.2) is 0 Å². The van der Waals surface area contributed by atoms with Crippen molar-refractivity contribution in [3.8, 4) is 0 Å². The monoisotopic (exact) mass is 245 g/mol. The van der Waals surface area contributed by atoms with Crippen LogP contribution in [-0.4, -0.2) is 25.1 Å². The predicted molar refractivity (Wildman–Crippen MR) is 74.7 cm³/mol. The highest BCUT2D eigenvalue weighted by molar-refractivity contribution is 5.52. The summed E-state index contributed by atoms with van der Waals surface area (Å²) < 4.78 is 0. The SMILES string of the molecule is CNCc1ccncc1N(CC1CC1)CC1CC1. The molecular formula is C15H23N3. The van der Waals surface area contributed by atoms with Crippen LogP contribution in [0, 0.1) is 11.8 Å². The summed E-state index contributed by atoms with van der Waals surface area (Å²) in [6.07, 6.45) is 9.64. The molecule has 1 aromatic rings. The van der Waals surface area contributed by atoms with Gasteiger partial charge in [0.1, 0.15) is 0 Å². The van der Waals surface area contributed by atoms with Crippen molar-refractivity contribution in [2.75, 3.05) is 25.0 Å². The van der Waals surface area contributed by atoms with E-state index in [1.165, 1.54) is 50.0 Å². The molecular weight excluding hydrogens is 222 g/mol. The van der Waals surface area contributed by atoms with Gasteiger partial charge in [0.2, 0.25) is 0 Å². The third-order valence-electron chi connectivity index (χ3n) is 3.95. The molecule has 0 atom stereocenters. The summed E-state index contributed by atoms with van der Waals surface area (Å²) in [5.41, 5.74) is 2.74. The Morgan fingerprint density at radius 1 is 1.22 bits per heavy atom. The van der Waals surface area contributed by atoms with Crippen LogP contribution in [0.3, 0.4) is 0 Å². The summed E-state index contributed by atoms with van der Waals surface area (Å²) >= 11 is 0. The van der Waals surface area contributed by atoms with Crippen LogP contribution in [0.15, 0.2) is 18.5 Å². The highest BCUT2D eigenvalue weighted by Gasteiger charge is 2.30. The number of hydrogen-bond acceptors (Lipinski definition) is 3. The summed E-state index contributed by atoms with van der Waals surface area (Å²) in [5.74, 6) is 1.87. The van der Waals surface area contributed by atoms with Gasteiger partial charge in [-0.1, -0.05) is 0 Å². The van der Waals surface area contributed by atoms with Gasteiger partial charge in [0, 0.05) is 25.8 Å². The maximum absolute atomic E-state index is 4.33. The molecule has 2 saturated carbocycles. The summed E-state index contributed by atoms with van der Waals surface area (Å²) in [4.78, 5) is 6.93. The van der Waals surface area contributed by atoms with E-state index < -0.39 is 0 Å². The van der Waals surface area contributed by atoms with Gasteiger partial charge in [0.05, 0.1) is 11.9 Å². The third kappa shape index (κ3) is 3.02. The number of hydrogen-bond donors (Lipinski definition) is 1. The van der Waals surface area contributed by atoms with Crippen molar-refractivity contribution in [1.82, 2.24) is 10.3 Å². The highest BCUT2D eigenvalue weighted by Crippen LogP contribution is 2.36. The van der Waals surface area contributed by atoms with Gasteiger partial charge in [-0.3, -0.25) is 4.98 Å². The summed E-state index contributed by atoms with van der Waals surface area (Å²) in [7, 11) is 2.01. The Balaban J connectivity index is 1.77. The first-order chi connectivity index (χ1) is 8.86. The van der Waals surface area contributed by atoms with Gasteiger partial charge in [-0.15, -0.1) is 0 Å². The zero-order valence-corrected chi connectivity index (χ0v) is 11.2. The van der Waals surface area contributed by atoms with Gasteiger partial charge >= 0.3 is 0 Å². The largest absolute Gasteiger partial charge is 0.369 e. The van der Waals surface area contributed by atoms with Gasteiger partial charge in [-0.05, 0) is 56.2 Å². The molecule has 0 aromatic carbocycles. The van der Waals surface area contributed by atoms with Crippen LogP contribution < -0.4 is 10.2 Å². The zero-order valence-electron chi connectivity index (χ0n) is 11.2. The molecule has 1 N–H and O–H groups in total. The fourth-order valence-electron chi connectivity index (χ4n) is 2.54. The average Bonchev–Trinajstić information content (AvgIpc) is 3.24. The molecule has 3 nitrogen and oxygen atoms in total. The summed E-state index contributed by atoms with van der Waals surface area (Å²) in [6.45, 7) is 3.40. The van der Waals surface area contributed by atoms with Gasteiger partial charge < -0.3 is 10.2 Å². The second-order valence-corrected chi connectivity index (χ2v) is 5.83. The minimum atomic E-state index is 0.934. The lowest BCUT2D eigenvalue weighted by molar-refractivity contribution is 0.671. The topological polar surface area (TPSA) is 28.2 Å². The number of aromatic nitrogens is 1. The van der Waals surface area contributed by atoms with E-state index in [0.717, 1.165) is 18.4 Å². The minimum absolute atomic E-state index is 0.934. The number of nitrogens with zero attached hydrogens (tertiary/aromatic N) is 2. The number of rotatable bonds is 7. The maximum Gasteiger partial charge on any atom is 0.0598 e. The zero-order chi connectivity index (χ0) is 12.4. The summed E-state index contributed by atoms with van der Waals surface area (Å²) in [6, 6.07) is 2.15. The molecule has 3 rings (SSSR count). The van der Waals surface area contributed by atoms with Gasteiger partial charge in [0.25, 0.3) is 0 Å². The van der Waals surface area contributed by atoms with Gasteiger partial charge in [-0.2, -0.15) is 0 Å². The Hall–Kier alpha value is -1.09. The first kappa shape index (κ1) is 12.0. The normalized spacial score (nSPS) is 18.9. The standard InChI is InChI=1S/C15H23N3/c1-16-8-14-6-7-17-9-15(14)18(10-12-2-3-12)11-13-4-5-13/h6-7,9,12-13,16H,2-5,8,10-11H2,1H3. The van der Waals surface area contributed by atoms with Crippen molar-refractivity contribution >= 4 is 5.69 Å². The van der Waals surface area contributed by atoms with E-state index in [1.807, 2.05) is 13.2 Å². The van der Waals surface area contributed by atoms with Crippen molar-refractivity contribution in [3.05, 3.63) is 24.0 Å². The van der Waals surface area contributed by atoms with E-state index >= 15 is 0 Å². The average molecular weight is 245 g/mol. The Kier molecular flexibility index (Phi) is 3.50. The lowest BCUT2D eigenvalue weighted by atomic mass is 10.2. The van der Waals surface area contributed by atoms with Crippen molar-refractivity contribution < 1.29 is 0 Å². The highest BCUT2D eigenvalue weighted by atomic mass is 15.1. The molecule has 0 radical (unpaired) electrons. The smallest absolute Gasteiger partial charge is 0.0598 e. The van der Waals surface area contributed by atoms with E-state index in [2.05, 4.69) is 27.5 Å². The molecule has 2 aliphatic rings. The second kappa shape index (κ2) is 5.27. The van der Waals surface area contributed by atoms with Crippen LogP contribution in [0.5, 0.6) is 0 Å². The molecule has 2 aliphatic carbocycles. The van der Waals surface area contributed by atoms with Crippen LogP contribution in [0.1, 0.15) is 31.2 Å². The first-order valence-electron chi connectivity index (χ1n) is 7.19. The molecule has 0 amide bonds. The molecule has 0 spiro atoms. The van der Waals surface area contributed by atoms with E-state index in [0.29, 0.717) is 0 Å². The molecule has 0 aliphatic heterocycles. The lowest BCUT2D eigenvalue weighted by Gasteiger charge is -2.27. The van der Waals surface area contributed by atoms with E-state index in [4.69, 9.17) is 0 Å². The van der Waals surface area contributed by atoms with Crippen molar-refractivity contribution in [2.24, 2.45) is 11.8 Å². The summed E-state index contributed by atoms with van der Waals surface area (Å²) in [5, 5.41) is 3.26. The molecule has 0 bridgehead atoms. The van der Waals surface area contributed by atoms with E-state index in [-0.39, 0.29) is 0 Å². The molecule has 1 aromatic heterocycles. The minimum Gasteiger partial charge on any atom is -0.369 e.